The second-order valence-corrected chi connectivity index (χ2v) is 9.60. The van der Waals surface area contributed by atoms with Gasteiger partial charge in [-0.25, -0.2) is 9.59 Å². The molecule has 3 aliphatic rings. The maximum Gasteiger partial charge on any atom is 0.407 e. The lowest BCUT2D eigenvalue weighted by molar-refractivity contribution is -0.154. The van der Waals surface area contributed by atoms with Crippen LogP contribution in [0.2, 0.25) is 0 Å². The normalized spacial score (nSPS) is 23.3. The van der Waals surface area contributed by atoms with Gasteiger partial charge >= 0.3 is 12.1 Å². The Morgan fingerprint density at radius 1 is 1.12 bits per heavy atom. The van der Waals surface area contributed by atoms with Crippen LogP contribution in [0.15, 0.2) is 48.5 Å². The lowest BCUT2D eigenvalue weighted by Gasteiger charge is -2.34. The number of piperidine rings is 1. The van der Waals surface area contributed by atoms with E-state index in [4.69, 9.17) is 4.74 Å². The second kappa shape index (κ2) is 8.78. The summed E-state index contributed by atoms with van der Waals surface area (Å²) < 4.78 is 5.62. The molecule has 7 heteroatoms. The van der Waals surface area contributed by atoms with Crippen LogP contribution in [0.4, 0.5) is 4.79 Å². The molecule has 0 aromatic heterocycles. The molecule has 34 heavy (non-hydrogen) atoms. The van der Waals surface area contributed by atoms with Crippen molar-refractivity contribution >= 4 is 18.0 Å². The third-order valence-corrected chi connectivity index (χ3v) is 7.74. The van der Waals surface area contributed by atoms with E-state index in [0.29, 0.717) is 19.4 Å². The van der Waals surface area contributed by atoms with Crippen molar-refractivity contribution in [1.82, 2.24) is 10.2 Å². The average molecular weight is 463 g/mol. The van der Waals surface area contributed by atoms with Gasteiger partial charge in [0.25, 0.3) is 0 Å². The quantitative estimate of drug-likeness (QED) is 0.644. The van der Waals surface area contributed by atoms with Crippen LogP contribution in [0, 0.1) is 5.92 Å². The smallest absolute Gasteiger partial charge is 0.407 e. The van der Waals surface area contributed by atoms with E-state index in [0.717, 1.165) is 35.1 Å². The Morgan fingerprint density at radius 3 is 2.38 bits per heavy atom. The van der Waals surface area contributed by atoms with Crippen LogP contribution in [0.3, 0.4) is 0 Å². The molecule has 1 saturated heterocycles. The average Bonchev–Trinajstić information content (AvgIpc) is 3.53. The number of benzene rings is 2. The van der Waals surface area contributed by atoms with Crippen molar-refractivity contribution in [2.75, 3.05) is 13.2 Å². The van der Waals surface area contributed by atoms with Crippen molar-refractivity contribution in [2.24, 2.45) is 5.92 Å². The van der Waals surface area contributed by atoms with Crippen LogP contribution in [0.25, 0.3) is 11.1 Å². The minimum Gasteiger partial charge on any atom is -0.479 e. The minimum atomic E-state index is -1.03. The topological polar surface area (TPSA) is 95.9 Å². The highest BCUT2D eigenvalue weighted by Crippen LogP contribution is 2.54. The highest BCUT2D eigenvalue weighted by molar-refractivity contribution is 5.91. The van der Waals surface area contributed by atoms with Crippen LogP contribution < -0.4 is 5.32 Å². The standard InChI is InChI=1S/C27H30N2O5/c1-2-18(14-24(30)29-13-7-8-17-15-27(17,29)25(31)32)28-26(33)34-16-23-21-11-5-3-9-19(21)20-10-4-6-12-22(20)23/h3-6,9-12,17-18,23H,2,7-8,13-16H2,1H3,(H,28,33)(H,31,32)/t17-,18+,27+/m1/s1. The highest BCUT2D eigenvalue weighted by Gasteiger charge is 2.66. The summed E-state index contributed by atoms with van der Waals surface area (Å²) >= 11 is 0. The van der Waals surface area contributed by atoms with E-state index in [1.54, 1.807) is 0 Å². The van der Waals surface area contributed by atoms with Crippen LogP contribution in [0.1, 0.15) is 56.1 Å². The van der Waals surface area contributed by atoms with E-state index < -0.39 is 23.6 Å². The number of carboxylic acids is 1. The first kappa shape index (κ1) is 22.4. The van der Waals surface area contributed by atoms with Gasteiger partial charge in [0.2, 0.25) is 5.91 Å². The molecule has 2 aromatic carbocycles. The maximum absolute atomic E-state index is 13.0. The fraction of sp³-hybridized carbons (Fsp3) is 0.444. The number of hydrogen-bond donors (Lipinski definition) is 2. The number of carbonyl (C=O) groups excluding carboxylic acids is 2. The van der Waals surface area contributed by atoms with Gasteiger partial charge in [-0.1, -0.05) is 55.5 Å². The molecule has 2 fully saturated rings. The molecule has 7 nitrogen and oxygen atoms in total. The predicted molar refractivity (Wildman–Crippen MR) is 126 cm³/mol. The Balaban J connectivity index is 1.20. The zero-order chi connectivity index (χ0) is 23.9. The Labute approximate surface area is 199 Å². The van der Waals surface area contributed by atoms with E-state index >= 15 is 0 Å². The van der Waals surface area contributed by atoms with Crippen molar-refractivity contribution < 1.29 is 24.2 Å². The van der Waals surface area contributed by atoms with Crippen molar-refractivity contribution in [2.45, 2.75) is 56.5 Å². The first-order valence-electron chi connectivity index (χ1n) is 12.1. The summed E-state index contributed by atoms with van der Waals surface area (Å²) in [6.45, 7) is 2.56. The third kappa shape index (κ3) is 3.73. The number of carboxylic acid groups (broad SMARTS) is 1. The van der Waals surface area contributed by atoms with Crippen LogP contribution in [-0.4, -0.2) is 52.7 Å². The molecule has 5 rings (SSSR count). The van der Waals surface area contributed by atoms with Crippen molar-refractivity contribution in [3.05, 3.63) is 59.7 Å². The Morgan fingerprint density at radius 2 is 1.76 bits per heavy atom. The summed E-state index contributed by atoms with van der Waals surface area (Å²) in [5, 5.41) is 12.5. The van der Waals surface area contributed by atoms with E-state index in [-0.39, 0.29) is 30.8 Å². The molecular formula is C27H30N2O5. The van der Waals surface area contributed by atoms with Crippen molar-refractivity contribution in [3.8, 4) is 11.1 Å². The molecule has 1 aliphatic heterocycles. The van der Waals surface area contributed by atoms with E-state index in [2.05, 4.69) is 29.6 Å². The zero-order valence-electron chi connectivity index (χ0n) is 19.3. The van der Waals surface area contributed by atoms with Gasteiger partial charge in [-0.2, -0.15) is 0 Å². The molecule has 0 spiro atoms. The molecule has 0 bridgehead atoms. The number of hydrogen-bond acceptors (Lipinski definition) is 4. The highest BCUT2D eigenvalue weighted by atomic mass is 16.5. The molecule has 2 aliphatic carbocycles. The summed E-state index contributed by atoms with van der Waals surface area (Å²) in [6, 6.07) is 15.9. The zero-order valence-corrected chi connectivity index (χ0v) is 19.3. The van der Waals surface area contributed by atoms with Crippen molar-refractivity contribution in [1.29, 1.82) is 0 Å². The summed E-state index contributed by atoms with van der Waals surface area (Å²) in [4.78, 5) is 39.1. The fourth-order valence-electron chi connectivity index (χ4n) is 5.83. The number of nitrogens with one attached hydrogen (secondary N) is 1. The number of ether oxygens (including phenoxy) is 1. The Kier molecular flexibility index (Phi) is 5.80. The first-order valence-corrected chi connectivity index (χ1v) is 12.1. The van der Waals surface area contributed by atoms with Gasteiger partial charge in [-0.05, 0) is 53.9 Å². The number of rotatable bonds is 7. The molecule has 2 aromatic rings. The Hall–Kier alpha value is -3.35. The SMILES string of the molecule is CC[C@@H](CC(=O)N1CCC[C@@H]2C[C@@]21C(=O)O)NC(=O)OCC1c2ccccc2-c2ccccc21. The lowest BCUT2D eigenvalue weighted by Crippen LogP contribution is -2.52. The molecule has 2 amide bonds. The number of fused-ring (bicyclic) bond motifs is 4. The van der Waals surface area contributed by atoms with Gasteiger partial charge in [0.15, 0.2) is 0 Å². The predicted octanol–water partition coefficient (Wildman–Crippen LogP) is 4.16. The van der Waals surface area contributed by atoms with Gasteiger partial charge in [-0.15, -0.1) is 0 Å². The Bertz CT molecular complexity index is 1090. The molecule has 3 atom stereocenters. The first-order chi connectivity index (χ1) is 16.5. The summed E-state index contributed by atoms with van der Waals surface area (Å²) in [5.41, 5.74) is 3.58. The number of likely N-dealkylation sites (tertiary alicyclic amines) is 1. The van der Waals surface area contributed by atoms with Gasteiger partial charge in [-0.3, -0.25) is 4.79 Å². The second-order valence-electron chi connectivity index (χ2n) is 9.60. The number of alkyl carbamates (subject to hydrolysis) is 1. The molecule has 1 heterocycles. The van der Waals surface area contributed by atoms with Gasteiger partial charge in [0.05, 0.1) is 0 Å². The molecule has 1 saturated carbocycles. The van der Waals surface area contributed by atoms with Crippen molar-refractivity contribution in [3.63, 3.8) is 0 Å². The molecule has 0 unspecified atom stereocenters. The van der Waals surface area contributed by atoms with Gasteiger partial charge < -0.3 is 20.1 Å². The van der Waals surface area contributed by atoms with E-state index in [1.165, 1.54) is 4.90 Å². The third-order valence-electron chi connectivity index (χ3n) is 7.74. The molecule has 0 radical (unpaired) electrons. The van der Waals surface area contributed by atoms with Gasteiger partial charge in [0.1, 0.15) is 12.1 Å². The largest absolute Gasteiger partial charge is 0.479 e. The lowest BCUT2D eigenvalue weighted by atomic mass is 9.98. The van der Waals surface area contributed by atoms with Crippen LogP contribution in [-0.2, 0) is 14.3 Å². The van der Waals surface area contributed by atoms with E-state index in [9.17, 15) is 19.5 Å². The number of carbonyl (C=O) groups is 3. The number of nitrogens with zero attached hydrogens (tertiary/aromatic N) is 1. The summed E-state index contributed by atoms with van der Waals surface area (Å²) in [6.07, 6.45) is 2.27. The minimum absolute atomic E-state index is 0.0320. The van der Waals surface area contributed by atoms with Gasteiger partial charge in [0, 0.05) is 24.9 Å². The molecular weight excluding hydrogens is 432 g/mol. The number of amides is 2. The maximum atomic E-state index is 13.0. The summed E-state index contributed by atoms with van der Waals surface area (Å²) in [7, 11) is 0. The van der Waals surface area contributed by atoms with Crippen LogP contribution >= 0.6 is 0 Å². The number of aliphatic carboxylic acids is 1. The fourth-order valence-corrected chi connectivity index (χ4v) is 5.83. The summed E-state index contributed by atoms with van der Waals surface area (Å²) in [5.74, 6) is -1.10. The molecule has 178 valence electrons. The monoisotopic (exact) mass is 462 g/mol. The van der Waals surface area contributed by atoms with Crippen LogP contribution in [0.5, 0.6) is 0 Å². The van der Waals surface area contributed by atoms with E-state index in [1.807, 2.05) is 31.2 Å². The molecule has 2 N–H and O–H groups in total.